The molecule has 0 bridgehead atoms. The third-order valence-corrected chi connectivity index (χ3v) is 6.36. The second kappa shape index (κ2) is 5.16. The molecule has 1 aliphatic carbocycles. The Morgan fingerprint density at radius 3 is 2.55 bits per heavy atom. The maximum Gasteiger partial charge on any atom is 0.228 e. The smallest absolute Gasteiger partial charge is 0.228 e. The zero-order chi connectivity index (χ0) is 16.1. The third-order valence-electron chi connectivity index (χ3n) is 5.06. The van der Waals surface area contributed by atoms with Gasteiger partial charge in [0.15, 0.2) is 0 Å². The highest BCUT2D eigenvalue weighted by molar-refractivity contribution is 7.88. The normalized spacial score (nSPS) is 34.0. The number of sulfonamides is 1. The van der Waals surface area contributed by atoms with Crippen LogP contribution in [0.5, 0.6) is 0 Å². The van der Waals surface area contributed by atoms with E-state index in [9.17, 15) is 17.6 Å². The Kier molecular flexibility index (Phi) is 3.68. The first kappa shape index (κ1) is 15.7. The molecule has 0 aromatic carbocycles. The third kappa shape index (κ3) is 2.60. The first-order valence-electron chi connectivity index (χ1n) is 7.54. The van der Waals surface area contributed by atoms with Gasteiger partial charge in [0.25, 0.3) is 0 Å². The minimum absolute atomic E-state index is 0.0605. The molecule has 0 spiro atoms. The highest BCUT2D eigenvalue weighted by Gasteiger charge is 2.50. The molecule has 3 rings (SSSR count). The Labute approximate surface area is 130 Å². The fourth-order valence-electron chi connectivity index (χ4n) is 3.93. The van der Waals surface area contributed by atoms with Gasteiger partial charge in [0.05, 0.1) is 17.7 Å². The molecule has 5 nitrogen and oxygen atoms in total. The molecule has 0 saturated carbocycles. The van der Waals surface area contributed by atoms with Gasteiger partial charge in [-0.3, -0.25) is 4.79 Å². The number of carbonyl (C=O) groups is 1. The van der Waals surface area contributed by atoms with E-state index in [2.05, 4.69) is 5.32 Å². The van der Waals surface area contributed by atoms with Crippen LogP contribution < -0.4 is 5.32 Å². The Morgan fingerprint density at radius 2 is 1.95 bits per heavy atom. The van der Waals surface area contributed by atoms with Crippen molar-refractivity contribution in [3.8, 4) is 0 Å². The van der Waals surface area contributed by atoms with E-state index in [1.807, 2.05) is 6.92 Å². The van der Waals surface area contributed by atoms with E-state index in [1.165, 1.54) is 16.6 Å². The summed E-state index contributed by atoms with van der Waals surface area (Å²) in [4.78, 5) is 12.4. The van der Waals surface area contributed by atoms with Gasteiger partial charge in [-0.1, -0.05) is 6.08 Å². The lowest BCUT2D eigenvalue weighted by atomic mass is 9.74. The molecular formula is C15H21FN2O3S. The monoisotopic (exact) mass is 328 g/mol. The summed E-state index contributed by atoms with van der Waals surface area (Å²) in [6.45, 7) is 2.75. The number of piperidine rings is 1. The van der Waals surface area contributed by atoms with Gasteiger partial charge in [0.2, 0.25) is 15.9 Å². The lowest BCUT2D eigenvalue weighted by Gasteiger charge is -2.35. The number of carbonyl (C=O) groups excluding carboxylic acids is 1. The van der Waals surface area contributed by atoms with Gasteiger partial charge in [-0.05, 0) is 37.3 Å². The predicted octanol–water partition coefficient (Wildman–Crippen LogP) is 1.35. The minimum Gasteiger partial charge on any atom is -0.346 e. The van der Waals surface area contributed by atoms with Gasteiger partial charge < -0.3 is 5.32 Å². The van der Waals surface area contributed by atoms with Crippen LogP contribution in [-0.4, -0.2) is 43.5 Å². The fourth-order valence-corrected chi connectivity index (χ4v) is 4.80. The molecule has 0 aromatic rings. The average Bonchev–Trinajstić information content (AvgIpc) is 2.67. The Bertz CT molecular complexity index is 662. The second-order valence-corrected chi connectivity index (χ2v) is 8.69. The first-order chi connectivity index (χ1) is 10.2. The van der Waals surface area contributed by atoms with E-state index in [0.717, 1.165) is 5.57 Å². The quantitative estimate of drug-likeness (QED) is 0.832. The van der Waals surface area contributed by atoms with Crippen molar-refractivity contribution in [2.45, 2.75) is 31.7 Å². The first-order valence-corrected chi connectivity index (χ1v) is 9.39. The molecule has 1 amide bonds. The molecule has 22 heavy (non-hydrogen) atoms. The average molecular weight is 328 g/mol. The molecule has 2 aliphatic heterocycles. The number of rotatable bonds is 2. The van der Waals surface area contributed by atoms with Crippen molar-refractivity contribution in [3.05, 3.63) is 23.6 Å². The molecular weight excluding hydrogens is 307 g/mol. The summed E-state index contributed by atoms with van der Waals surface area (Å²) in [5, 5.41) is 2.93. The fraction of sp³-hybridized carbons (Fsp3) is 0.667. The maximum absolute atomic E-state index is 13.5. The minimum atomic E-state index is -3.17. The Balaban J connectivity index is 1.80. The van der Waals surface area contributed by atoms with Gasteiger partial charge in [-0.2, -0.15) is 0 Å². The van der Waals surface area contributed by atoms with Gasteiger partial charge in [-0.25, -0.2) is 17.1 Å². The van der Waals surface area contributed by atoms with Crippen molar-refractivity contribution in [3.63, 3.8) is 0 Å². The SMILES string of the molecule is CC12CC(F)=CC=C1C(C1CCN(S(C)(=O)=O)CC1)C(=O)N2. The molecule has 3 aliphatic rings. The van der Waals surface area contributed by atoms with Crippen LogP contribution in [0.2, 0.25) is 0 Å². The summed E-state index contributed by atoms with van der Waals surface area (Å²) in [7, 11) is -3.17. The zero-order valence-electron chi connectivity index (χ0n) is 12.8. The van der Waals surface area contributed by atoms with Crippen LogP contribution in [0.15, 0.2) is 23.6 Å². The van der Waals surface area contributed by atoms with Crippen LogP contribution >= 0.6 is 0 Å². The van der Waals surface area contributed by atoms with Crippen molar-refractivity contribution in [1.29, 1.82) is 0 Å². The number of halogens is 1. The largest absolute Gasteiger partial charge is 0.346 e. The van der Waals surface area contributed by atoms with Gasteiger partial charge in [0.1, 0.15) is 5.83 Å². The molecule has 2 heterocycles. The van der Waals surface area contributed by atoms with E-state index in [1.54, 1.807) is 6.08 Å². The van der Waals surface area contributed by atoms with Crippen molar-refractivity contribution < 1.29 is 17.6 Å². The van der Waals surface area contributed by atoms with E-state index < -0.39 is 15.6 Å². The van der Waals surface area contributed by atoms with Crippen LogP contribution in [0, 0.1) is 11.8 Å². The molecule has 1 N–H and O–H groups in total. The lowest BCUT2D eigenvalue weighted by molar-refractivity contribution is -0.124. The van der Waals surface area contributed by atoms with Crippen LogP contribution in [0.1, 0.15) is 26.2 Å². The van der Waals surface area contributed by atoms with Crippen molar-refractivity contribution in [2.75, 3.05) is 19.3 Å². The topological polar surface area (TPSA) is 66.5 Å². The lowest BCUT2D eigenvalue weighted by Crippen LogP contribution is -2.40. The van der Waals surface area contributed by atoms with Crippen LogP contribution in [0.4, 0.5) is 4.39 Å². The molecule has 0 radical (unpaired) electrons. The summed E-state index contributed by atoms with van der Waals surface area (Å²) in [5.74, 6) is -0.439. The summed E-state index contributed by atoms with van der Waals surface area (Å²) < 4.78 is 38.2. The number of hydrogen-bond donors (Lipinski definition) is 1. The van der Waals surface area contributed by atoms with Crippen LogP contribution in [0.3, 0.4) is 0 Å². The summed E-state index contributed by atoms with van der Waals surface area (Å²) in [6.07, 6.45) is 5.89. The van der Waals surface area contributed by atoms with Gasteiger partial charge in [-0.15, -0.1) is 0 Å². The predicted molar refractivity (Wildman–Crippen MR) is 81.1 cm³/mol. The molecule has 122 valence electrons. The summed E-state index contributed by atoms with van der Waals surface area (Å²) >= 11 is 0. The number of nitrogens with one attached hydrogen (secondary N) is 1. The zero-order valence-corrected chi connectivity index (χ0v) is 13.6. The van der Waals surface area contributed by atoms with Crippen molar-refractivity contribution in [2.24, 2.45) is 11.8 Å². The number of amides is 1. The maximum atomic E-state index is 13.5. The second-order valence-electron chi connectivity index (χ2n) is 6.71. The van der Waals surface area contributed by atoms with Crippen molar-refractivity contribution in [1.82, 2.24) is 9.62 Å². The number of allylic oxidation sites excluding steroid dienone is 2. The molecule has 7 heteroatoms. The highest BCUT2D eigenvalue weighted by Crippen LogP contribution is 2.44. The van der Waals surface area contributed by atoms with Crippen LogP contribution in [-0.2, 0) is 14.8 Å². The van der Waals surface area contributed by atoms with Crippen LogP contribution in [0.25, 0.3) is 0 Å². The molecule has 2 saturated heterocycles. The standard InChI is InChI=1S/C15H21FN2O3S/c1-15-9-11(16)3-4-12(15)13(14(19)17-15)10-5-7-18(8-6-10)22(2,20)21/h3-4,10,13H,5-9H2,1-2H3,(H,17,19). The van der Waals surface area contributed by atoms with Gasteiger partial charge in [0, 0.05) is 19.5 Å². The van der Waals surface area contributed by atoms with E-state index in [-0.39, 0.29) is 30.0 Å². The molecule has 2 unspecified atom stereocenters. The number of fused-ring (bicyclic) bond motifs is 1. The highest BCUT2D eigenvalue weighted by atomic mass is 32.2. The number of hydrogen-bond acceptors (Lipinski definition) is 3. The molecule has 0 aromatic heterocycles. The van der Waals surface area contributed by atoms with Crippen molar-refractivity contribution >= 4 is 15.9 Å². The van der Waals surface area contributed by atoms with E-state index in [0.29, 0.717) is 25.9 Å². The Morgan fingerprint density at radius 1 is 1.32 bits per heavy atom. The number of nitrogens with zero attached hydrogens (tertiary/aromatic N) is 1. The van der Waals surface area contributed by atoms with Gasteiger partial charge >= 0.3 is 0 Å². The summed E-state index contributed by atoms with van der Waals surface area (Å²) in [6, 6.07) is 0. The summed E-state index contributed by atoms with van der Waals surface area (Å²) in [5.41, 5.74) is 0.311. The van der Waals surface area contributed by atoms with E-state index >= 15 is 0 Å². The van der Waals surface area contributed by atoms with E-state index in [4.69, 9.17) is 0 Å². The Hall–Kier alpha value is -1.21. The molecule has 2 fully saturated rings. The molecule has 2 atom stereocenters.